The van der Waals surface area contributed by atoms with Crippen LogP contribution in [0.4, 0.5) is 0 Å². The Balaban J connectivity index is 2.17. The predicted octanol–water partition coefficient (Wildman–Crippen LogP) is 2.86. The van der Waals surface area contributed by atoms with Gasteiger partial charge in [-0.15, -0.1) is 5.10 Å². The number of carbonyl (C=O) groups is 1. The summed E-state index contributed by atoms with van der Waals surface area (Å²) < 4.78 is 2.36. The Bertz CT molecular complexity index is 782. The van der Waals surface area contributed by atoms with Crippen LogP contribution in [0, 0.1) is 0 Å². The van der Waals surface area contributed by atoms with E-state index in [4.69, 9.17) is 5.11 Å². The van der Waals surface area contributed by atoms with E-state index in [0.29, 0.717) is 11.5 Å². The summed E-state index contributed by atoms with van der Waals surface area (Å²) in [6.07, 6.45) is 1.45. The minimum atomic E-state index is -0.986. The summed E-state index contributed by atoms with van der Waals surface area (Å²) in [5.74, 6) is -0.435. The fraction of sp³-hybridized carbons (Fsp3) is 0. The molecule has 0 radical (unpaired) electrons. The van der Waals surface area contributed by atoms with Crippen molar-refractivity contribution in [2.45, 2.75) is 0 Å². The van der Waals surface area contributed by atoms with Gasteiger partial charge in [0.05, 0.1) is 5.56 Å². The van der Waals surface area contributed by atoms with Crippen LogP contribution in [-0.4, -0.2) is 25.7 Å². The maximum Gasteiger partial charge on any atom is 0.337 e. The van der Waals surface area contributed by atoms with Gasteiger partial charge in [-0.25, -0.2) is 14.3 Å². The predicted molar refractivity (Wildman–Crippen MR) is 73.1 cm³/mol. The Kier molecular flexibility index (Phi) is 2.79. The average Bonchev–Trinajstić information content (AvgIpc) is 2.81. The molecule has 19 heavy (non-hydrogen) atoms. The maximum atomic E-state index is 10.9. The highest BCUT2D eigenvalue weighted by atomic mass is 79.9. The zero-order valence-electron chi connectivity index (χ0n) is 9.62. The molecule has 0 fully saturated rings. The molecule has 0 amide bonds. The summed E-state index contributed by atoms with van der Waals surface area (Å²) >= 11 is 3.44. The molecule has 5 nitrogen and oxygen atoms in total. The highest BCUT2D eigenvalue weighted by Gasteiger charge is 2.11. The van der Waals surface area contributed by atoms with Crippen LogP contribution < -0.4 is 0 Å². The van der Waals surface area contributed by atoms with Crippen molar-refractivity contribution < 1.29 is 9.90 Å². The smallest absolute Gasteiger partial charge is 0.337 e. The first-order chi connectivity index (χ1) is 9.15. The van der Waals surface area contributed by atoms with Crippen molar-refractivity contribution in [2.24, 2.45) is 0 Å². The second-order valence-corrected chi connectivity index (χ2v) is 4.80. The fourth-order valence-corrected chi connectivity index (χ4v) is 2.23. The molecule has 0 unspecified atom stereocenters. The topological polar surface area (TPSA) is 67.5 Å². The number of pyridine rings is 1. The van der Waals surface area contributed by atoms with Crippen molar-refractivity contribution >= 4 is 27.5 Å². The molecule has 2 heterocycles. The number of halogens is 1. The molecule has 0 saturated heterocycles. The van der Waals surface area contributed by atoms with Gasteiger partial charge in [0.1, 0.15) is 0 Å². The maximum absolute atomic E-state index is 10.9. The van der Waals surface area contributed by atoms with Gasteiger partial charge in [-0.05, 0) is 24.3 Å². The molecule has 94 valence electrons. The normalized spacial score (nSPS) is 10.8. The molecule has 3 aromatic rings. The molecule has 0 spiro atoms. The zero-order chi connectivity index (χ0) is 13.4. The fourth-order valence-electron chi connectivity index (χ4n) is 1.77. The summed E-state index contributed by atoms with van der Waals surface area (Å²) in [6, 6.07) is 10.8. The quantitative estimate of drug-likeness (QED) is 0.789. The van der Waals surface area contributed by atoms with Crippen molar-refractivity contribution in [1.82, 2.24) is 14.6 Å². The third-order valence-electron chi connectivity index (χ3n) is 2.69. The van der Waals surface area contributed by atoms with E-state index in [2.05, 4.69) is 26.0 Å². The van der Waals surface area contributed by atoms with E-state index in [0.717, 1.165) is 10.0 Å². The van der Waals surface area contributed by atoms with E-state index in [9.17, 15) is 4.79 Å². The highest BCUT2D eigenvalue weighted by molar-refractivity contribution is 9.10. The van der Waals surface area contributed by atoms with Gasteiger partial charge < -0.3 is 5.11 Å². The standard InChI is InChI=1S/C13H8BrN3O2/c14-10-4-2-1-3-9(10)12-15-11-6-5-8(13(18)19)7-17(11)16-12/h1-7H,(H,18,19). The zero-order valence-corrected chi connectivity index (χ0v) is 11.2. The lowest BCUT2D eigenvalue weighted by atomic mass is 10.2. The van der Waals surface area contributed by atoms with Crippen molar-refractivity contribution in [3.05, 3.63) is 52.6 Å². The number of aromatic nitrogens is 3. The van der Waals surface area contributed by atoms with Gasteiger partial charge in [-0.1, -0.05) is 28.1 Å². The molecular formula is C13H8BrN3O2. The largest absolute Gasteiger partial charge is 0.478 e. The highest BCUT2D eigenvalue weighted by Crippen LogP contribution is 2.25. The van der Waals surface area contributed by atoms with Crippen LogP contribution >= 0.6 is 15.9 Å². The Morgan fingerprint density at radius 3 is 2.74 bits per heavy atom. The Morgan fingerprint density at radius 2 is 2.00 bits per heavy atom. The molecule has 0 atom stereocenters. The first-order valence-electron chi connectivity index (χ1n) is 5.50. The minimum Gasteiger partial charge on any atom is -0.478 e. The summed E-state index contributed by atoms with van der Waals surface area (Å²) in [4.78, 5) is 15.3. The second-order valence-electron chi connectivity index (χ2n) is 3.94. The number of carboxylic acids is 1. The number of carboxylic acid groups (broad SMARTS) is 1. The van der Waals surface area contributed by atoms with E-state index in [1.807, 2.05) is 24.3 Å². The third kappa shape index (κ3) is 2.10. The number of nitrogens with zero attached hydrogens (tertiary/aromatic N) is 3. The van der Waals surface area contributed by atoms with Crippen molar-refractivity contribution in [3.63, 3.8) is 0 Å². The van der Waals surface area contributed by atoms with Crippen LogP contribution in [0.1, 0.15) is 10.4 Å². The summed E-state index contributed by atoms with van der Waals surface area (Å²) in [5, 5.41) is 13.2. The molecular weight excluding hydrogens is 310 g/mol. The molecule has 0 aliphatic carbocycles. The van der Waals surface area contributed by atoms with Gasteiger partial charge in [-0.2, -0.15) is 0 Å². The molecule has 6 heteroatoms. The molecule has 1 aromatic carbocycles. The number of hydrogen-bond donors (Lipinski definition) is 1. The molecule has 0 bridgehead atoms. The van der Waals surface area contributed by atoms with Gasteiger partial charge >= 0.3 is 5.97 Å². The number of benzene rings is 1. The Labute approximate surface area is 116 Å². The first kappa shape index (κ1) is 11.9. The van der Waals surface area contributed by atoms with Crippen LogP contribution in [-0.2, 0) is 0 Å². The SMILES string of the molecule is O=C(O)c1ccc2nc(-c3ccccc3Br)nn2c1. The number of aromatic carboxylic acids is 1. The van der Waals surface area contributed by atoms with Gasteiger partial charge in [-0.3, -0.25) is 0 Å². The van der Waals surface area contributed by atoms with Gasteiger partial charge in [0.2, 0.25) is 0 Å². The van der Waals surface area contributed by atoms with Crippen LogP contribution in [0.5, 0.6) is 0 Å². The van der Waals surface area contributed by atoms with Gasteiger partial charge in [0.25, 0.3) is 0 Å². The van der Waals surface area contributed by atoms with Gasteiger partial charge in [0.15, 0.2) is 11.5 Å². The van der Waals surface area contributed by atoms with E-state index >= 15 is 0 Å². The minimum absolute atomic E-state index is 0.177. The monoisotopic (exact) mass is 317 g/mol. The molecule has 0 aliphatic rings. The average molecular weight is 318 g/mol. The van der Waals surface area contributed by atoms with E-state index in [1.165, 1.54) is 16.8 Å². The van der Waals surface area contributed by atoms with Crippen LogP contribution in [0.25, 0.3) is 17.0 Å². The Hall–Kier alpha value is -2.21. The molecule has 0 saturated carbocycles. The lowest BCUT2D eigenvalue weighted by Gasteiger charge is -1.97. The van der Waals surface area contributed by atoms with Crippen LogP contribution in [0.2, 0.25) is 0 Å². The second kappa shape index (κ2) is 4.47. The van der Waals surface area contributed by atoms with Crippen LogP contribution in [0.15, 0.2) is 47.1 Å². The van der Waals surface area contributed by atoms with Crippen molar-refractivity contribution in [2.75, 3.05) is 0 Å². The third-order valence-corrected chi connectivity index (χ3v) is 3.38. The first-order valence-corrected chi connectivity index (χ1v) is 6.29. The lowest BCUT2D eigenvalue weighted by molar-refractivity contribution is 0.0696. The number of hydrogen-bond acceptors (Lipinski definition) is 3. The molecule has 1 N–H and O–H groups in total. The molecule has 3 rings (SSSR count). The number of fused-ring (bicyclic) bond motifs is 1. The number of rotatable bonds is 2. The molecule has 2 aromatic heterocycles. The van der Waals surface area contributed by atoms with E-state index in [1.54, 1.807) is 6.07 Å². The van der Waals surface area contributed by atoms with E-state index in [-0.39, 0.29) is 5.56 Å². The van der Waals surface area contributed by atoms with Gasteiger partial charge in [0, 0.05) is 16.2 Å². The summed E-state index contributed by atoms with van der Waals surface area (Å²) in [7, 11) is 0. The van der Waals surface area contributed by atoms with Crippen molar-refractivity contribution in [3.8, 4) is 11.4 Å². The van der Waals surface area contributed by atoms with Crippen molar-refractivity contribution in [1.29, 1.82) is 0 Å². The molecule has 0 aliphatic heterocycles. The Morgan fingerprint density at radius 1 is 1.21 bits per heavy atom. The summed E-state index contributed by atoms with van der Waals surface area (Å²) in [6.45, 7) is 0. The summed E-state index contributed by atoms with van der Waals surface area (Å²) in [5.41, 5.74) is 1.65. The van der Waals surface area contributed by atoms with E-state index < -0.39 is 5.97 Å². The lowest BCUT2D eigenvalue weighted by Crippen LogP contribution is -1.99. The van der Waals surface area contributed by atoms with Crippen LogP contribution in [0.3, 0.4) is 0 Å².